The molecule has 4 rings (SSSR count). The lowest BCUT2D eigenvalue weighted by molar-refractivity contribution is 0.0746. The SMILES string of the molecule is COc1ccc(C(=O)N2CCN(c3ccc(Cl)cc3)CC2)cc1C#Cc1ccccn1. The maximum absolute atomic E-state index is 13.1. The van der Waals surface area contributed by atoms with E-state index in [2.05, 4.69) is 21.7 Å². The largest absolute Gasteiger partial charge is 0.495 e. The van der Waals surface area contributed by atoms with Crippen molar-refractivity contribution in [1.82, 2.24) is 9.88 Å². The van der Waals surface area contributed by atoms with Gasteiger partial charge in [0.25, 0.3) is 5.91 Å². The number of anilines is 1. The quantitative estimate of drug-likeness (QED) is 0.585. The molecule has 0 unspecified atom stereocenters. The fourth-order valence-electron chi connectivity index (χ4n) is 3.51. The van der Waals surface area contributed by atoms with E-state index < -0.39 is 0 Å². The molecule has 1 aromatic heterocycles. The summed E-state index contributed by atoms with van der Waals surface area (Å²) in [6, 6.07) is 18.7. The maximum Gasteiger partial charge on any atom is 0.254 e. The molecule has 3 aromatic rings. The molecule has 1 fully saturated rings. The monoisotopic (exact) mass is 431 g/mol. The number of rotatable bonds is 3. The highest BCUT2D eigenvalue weighted by Gasteiger charge is 2.23. The van der Waals surface area contributed by atoms with Gasteiger partial charge >= 0.3 is 0 Å². The number of carbonyl (C=O) groups excluding carboxylic acids is 1. The van der Waals surface area contributed by atoms with Gasteiger partial charge in [-0.05, 0) is 60.5 Å². The number of ether oxygens (including phenoxy) is 1. The summed E-state index contributed by atoms with van der Waals surface area (Å²) < 4.78 is 5.42. The standard InChI is InChI=1S/C25H22ClN3O2/c1-31-24-12-6-20(18-19(24)5-9-22-4-2-3-13-27-22)25(30)29-16-14-28(15-17-29)23-10-7-21(26)8-11-23/h2-4,6-8,10-13,18H,14-17H2,1H3. The second-order valence-electron chi connectivity index (χ2n) is 7.14. The van der Waals surface area contributed by atoms with Gasteiger partial charge in [-0.3, -0.25) is 4.79 Å². The third-order valence-corrected chi connectivity index (χ3v) is 5.45. The fourth-order valence-corrected chi connectivity index (χ4v) is 3.63. The Morgan fingerprint density at radius 2 is 1.77 bits per heavy atom. The van der Waals surface area contributed by atoms with Gasteiger partial charge in [0.1, 0.15) is 11.4 Å². The summed E-state index contributed by atoms with van der Waals surface area (Å²) in [6.07, 6.45) is 1.70. The summed E-state index contributed by atoms with van der Waals surface area (Å²) in [4.78, 5) is 21.5. The molecule has 1 saturated heterocycles. The van der Waals surface area contributed by atoms with Crippen LogP contribution in [-0.2, 0) is 0 Å². The molecule has 0 saturated carbocycles. The van der Waals surface area contributed by atoms with Crippen molar-refractivity contribution in [2.75, 3.05) is 38.2 Å². The lowest BCUT2D eigenvalue weighted by Gasteiger charge is -2.36. The average Bonchev–Trinajstić information content (AvgIpc) is 2.83. The van der Waals surface area contributed by atoms with E-state index in [-0.39, 0.29) is 5.91 Å². The van der Waals surface area contributed by atoms with Crippen LogP contribution >= 0.6 is 11.6 Å². The number of amides is 1. The maximum atomic E-state index is 13.1. The van der Waals surface area contributed by atoms with Crippen LogP contribution < -0.4 is 9.64 Å². The van der Waals surface area contributed by atoms with Gasteiger partial charge in [0.15, 0.2) is 0 Å². The highest BCUT2D eigenvalue weighted by Crippen LogP contribution is 2.22. The van der Waals surface area contributed by atoms with E-state index in [1.165, 1.54) is 0 Å². The first-order chi connectivity index (χ1) is 15.1. The molecule has 2 heterocycles. The van der Waals surface area contributed by atoms with Gasteiger partial charge in [-0.25, -0.2) is 4.98 Å². The Bertz CT molecular complexity index is 1110. The minimum Gasteiger partial charge on any atom is -0.495 e. The molecule has 0 spiro atoms. The van der Waals surface area contributed by atoms with Crippen molar-refractivity contribution in [2.45, 2.75) is 0 Å². The lowest BCUT2D eigenvalue weighted by atomic mass is 10.1. The first-order valence-electron chi connectivity index (χ1n) is 10.0. The van der Waals surface area contributed by atoms with Crippen LogP contribution in [0.4, 0.5) is 5.69 Å². The number of piperazine rings is 1. The van der Waals surface area contributed by atoms with Gasteiger partial charge in [-0.1, -0.05) is 23.6 Å². The highest BCUT2D eigenvalue weighted by molar-refractivity contribution is 6.30. The van der Waals surface area contributed by atoms with E-state index in [4.69, 9.17) is 16.3 Å². The summed E-state index contributed by atoms with van der Waals surface area (Å²) in [5.74, 6) is 6.74. The third-order valence-electron chi connectivity index (χ3n) is 5.20. The number of hydrogen-bond donors (Lipinski definition) is 0. The molecule has 1 aliphatic rings. The number of nitrogens with zero attached hydrogens (tertiary/aromatic N) is 3. The van der Waals surface area contributed by atoms with E-state index in [1.54, 1.807) is 31.5 Å². The van der Waals surface area contributed by atoms with Crippen LogP contribution in [0.1, 0.15) is 21.6 Å². The van der Waals surface area contributed by atoms with E-state index in [0.29, 0.717) is 35.7 Å². The number of benzene rings is 2. The molecule has 2 aromatic carbocycles. The van der Waals surface area contributed by atoms with Gasteiger partial charge in [0.05, 0.1) is 12.7 Å². The fraction of sp³-hybridized carbons (Fsp3) is 0.200. The van der Waals surface area contributed by atoms with Crippen LogP contribution in [0.5, 0.6) is 5.75 Å². The molecule has 1 amide bonds. The van der Waals surface area contributed by atoms with Crippen LogP contribution in [0.3, 0.4) is 0 Å². The third kappa shape index (κ3) is 4.99. The minimum atomic E-state index is -0.000653. The number of hydrogen-bond acceptors (Lipinski definition) is 4. The number of pyridine rings is 1. The second-order valence-corrected chi connectivity index (χ2v) is 7.57. The van der Waals surface area contributed by atoms with Crippen molar-refractivity contribution in [1.29, 1.82) is 0 Å². The zero-order chi connectivity index (χ0) is 21.6. The molecule has 0 N–H and O–H groups in total. The molecule has 1 aliphatic heterocycles. The lowest BCUT2D eigenvalue weighted by Crippen LogP contribution is -2.48. The summed E-state index contributed by atoms with van der Waals surface area (Å²) in [7, 11) is 1.60. The predicted molar refractivity (Wildman–Crippen MR) is 123 cm³/mol. The molecule has 0 aliphatic carbocycles. The second kappa shape index (κ2) is 9.55. The highest BCUT2D eigenvalue weighted by atomic mass is 35.5. The Kier molecular flexibility index (Phi) is 6.40. The zero-order valence-corrected chi connectivity index (χ0v) is 18.0. The van der Waals surface area contributed by atoms with Crippen molar-refractivity contribution in [2.24, 2.45) is 0 Å². The molecule has 156 valence electrons. The Balaban J connectivity index is 1.47. The normalized spacial score (nSPS) is 13.4. The van der Waals surface area contributed by atoms with E-state index in [0.717, 1.165) is 23.8 Å². The Morgan fingerprint density at radius 3 is 2.45 bits per heavy atom. The number of methoxy groups -OCH3 is 1. The summed E-state index contributed by atoms with van der Waals surface area (Å²) in [5.41, 5.74) is 3.05. The average molecular weight is 432 g/mol. The van der Waals surface area contributed by atoms with Crippen molar-refractivity contribution >= 4 is 23.2 Å². The van der Waals surface area contributed by atoms with Crippen LogP contribution in [0.25, 0.3) is 0 Å². The summed E-state index contributed by atoms with van der Waals surface area (Å²) in [5, 5.41) is 0.721. The molecule has 31 heavy (non-hydrogen) atoms. The van der Waals surface area contributed by atoms with Gasteiger partial charge in [-0.2, -0.15) is 0 Å². The van der Waals surface area contributed by atoms with Crippen molar-refractivity contribution in [3.8, 4) is 17.6 Å². The van der Waals surface area contributed by atoms with Gasteiger partial charge in [0, 0.05) is 48.6 Å². The zero-order valence-electron chi connectivity index (χ0n) is 17.2. The van der Waals surface area contributed by atoms with Gasteiger partial charge < -0.3 is 14.5 Å². The van der Waals surface area contributed by atoms with E-state index in [1.807, 2.05) is 47.4 Å². The smallest absolute Gasteiger partial charge is 0.254 e. The van der Waals surface area contributed by atoms with E-state index >= 15 is 0 Å². The minimum absolute atomic E-state index is 0.000653. The summed E-state index contributed by atoms with van der Waals surface area (Å²) >= 11 is 5.98. The van der Waals surface area contributed by atoms with Gasteiger partial charge in [0.2, 0.25) is 0 Å². The van der Waals surface area contributed by atoms with Crippen LogP contribution in [0.15, 0.2) is 66.9 Å². The molecular weight excluding hydrogens is 410 g/mol. The first kappa shape index (κ1) is 20.8. The first-order valence-corrected chi connectivity index (χ1v) is 10.4. The van der Waals surface area contributed by atoms with Crippen LogP contribution in [0.2, 0.25) is 5.02 Å². The molecule has 0 bridgehead atoms. The molecule has 0 atom stereocenters. The number of halogens is 1. The number of aromatic nitrogens is 1. The Labute approximate surface area is 187 Å². The Hall–Kier alpha value is -3.49. The molecular formula is C25H22ClN3O2. The van der Waals surface area contributed by atoms with Crippen molar-refractivity contribution < 1.29 is 9.53 Å². The number of carbonyl (C=O) groups is 1. The van der Waals surface area contributed by atoms with Crippen LogP contribution in [-0.4, -0.2) is 49.1 Å². The Morgan fingerprint density at radius 1 is 1.00 bits per heavy atom. The van der Waals surface area contributed by atoms with Crippen molar-refractivity contribution in [3.63, 3.8) is 0 Å². The van der Waals surface area contributed by atoms with Gasteiger partial charge in [-0.15, -0.1) is 0 Å². The predicted octanol–water partition coefficient (Wildman–Crippen LogP) is 4.11. The molecule has 0 radical (unpaired) electrons. The topological polar surface area (TPSA) is 45.7 Å². The van der Waals surface area contributed by atoms with E-state index in [9.17, 15) is 4.79 Å². The van der Waals surface area contributed by atoms with Crippen LogP contribution in [0, 0.1) is 11.8 Å². The van der Waals surface area contributed by atoms with Crippen molar-refractivity contribution in [3.05, 3.63) is 88.7 Å². The molecule has 5 nitrogen and oxygen atoms in total. The summed E-state index contributed by atoms with van der Waals surface area (Å²) in [6.45, 7) is 2.86. The molecule has 6 heteroatoms.